The Morgan fingerprint density at radius 3 is 2.56 bits per heavy atom. The maximum atomic E-state index is 12.3. The van der Waals surface area contributed by atoms with Crippen molar-refractivity contribution in [3.63, 3.8) is 0 Å². The normalized spacial score (nSPS) is 10.3. The Hall–Kier alpha value is -2.30. The van der Waals surface area contributed by atoms with Crippen LogP contribution in [0.4, 0.5) is 11.4 Å². The SMILES string of the molecule is CCN(C(=O)c1[nH]ncc1N)c1ccc(C)cc1. The van der Waals surface area contributed by atoms with Crippen molar-refractivity contribution in [2.24, 2.45) is 0 Å². The maximum absolute atomic E-state index is 12.3. The van der Waals surface area contributed by atoms with Crippen molar-refractivity contribution in [2.45, 2.75) is 13.8 Å². The molecule has 0 saturated carbocycles. The number of nitrogens with zero attached hydrogens (tertiary/aromatic N) is 2. The largest absolute Gasteiger partial charge is 0.396 e. The van der Waals surface area contributed by atoms with Crippen molar-refractivity contribution < 1.29 is 4.79 Å². The van der Waals surface area contributed by atoms with Crippen LogP contribution in [-0.4, -0.2) is 22.6 Å². The standard InChI is InChI=1S/C13H16N4O/c1-3-17(10-6-4-9(2)5-7-10)13(18)12-11(14)8-15-16-12/h4-8H,3,14H2,1-2H3,(H,15,16). The van der Waals surface area contributed by atoms with Crippen LogP contribution < -0.4 is 10.6 Å². The summed E-state index contributed by atoms with van der Waals surface area (Å²) in [7, 11) is 0. The monoisotopic (exact) mass is 244 g/mol. The second-order valence-corrected chi connectivity index (χ2v) is 4.09. The Kier molecular flexibility index (Phi) is 3.32. The van der Waals surface area contributed by atoms with E-state index in [1.165, 1.54) is 6.20 Å². The highest BCUT2D eigenvalue weighted by Gasteiger charge is 2.19. The number of anilines is 2. The summed E-state index contributed by atoms with van der Waals surface area (Å²) in [6, 6.07) is 7.79. The van der Waals surface area contributed by atoms with E-state index in [1.807, 2.05) is 38.1 Å². The van der Waals surface area contributed by atoms with Crippen molar-refractivity contribution in [3.8, 4) is 0 Å². The van der Waals surface area contributed by atoms with Gasteiger partial charge in [0.2, 0.25) is 0 Å². The molecule has 0 atom stereocenters. The predicted octanol–water partition coefficient (Wildman–Crippen LogP) is 1.97. The number of aryl methyl sites for hydroxylation is 1. The van der Waals surface area contributed by atoms with E-state index >= 15 is 0 Å². The average molecular weight is 244 g/mol. The molecule has 3 N–H and O–H groups in total. The molecule has 0 radical (unpaired) electrons. The van der Waals surface area contributed by atoms with E-state index in [4.69, 9.17) is 5.73 Å². The maximum Gasteiger partial charge on any atom is 0.278 e. The van der Waals surface area contributed by atoms with Gasteiger partial charge in [-0.2, -0.15) is 5.10 Å². The zero-order valence-corrected chi connectivity index (χ0v) is 10.5. The van der Waals surface area contributed by atoms with E-state index in [9.17, 15) is 4.79 Å². The summed E-state index contributed by atoms with van der Waals surface area (Å²) in [5.74, 6) is -0.170. The van der Waals surface area contributed by atoms with Crippen molar-refractivity contribution in [2.75, 3.05) is 17.2 Å². The lowest BCUT2D eigenvalue weighted by Crippen LogP contribution is -2.31. The number of nitrogens with one attached hydrogen (secondary N) is 1. The Morgan fingerprint density at radius 2 is 2.06 bits per heavy atom. The van der Waals surface area contributed by atoms with Crippen LogP contribution in [0.5, 0.6) is 0 Å². The minimum atomic E-state index is -0.170. The molecule has 0 unspecified atom stereocenters. The number of nitrogens with two attached hydrogens (primary N) is 1. The molecule has 0 fully saturated rings. The number of aromatic amines is 1. The van der Waals surface area contributed by atoms with Gasteiger partial charge in [-0.3, -0.25) is 9.89 Å². The van der Waals surface area contributed by atoms with E-state index in [0.717, 1.165) is 11.3 Å². The topological polar surface area (TPSA) is 75.0 Å². The molecule has 18 heavy (non-hydrogen) atoms. The number of nitrogen functional groups attached to an aromatic ring is 1. The van der Waals surface area contributed by atoms with Crippen molar-refractivity contribution in [1.29, 1.82) is 0 Å². The summed E-state index contributed by atoms with van der Waals surface area (Å²) in [5.41, 5.74) is 8.40. The van der Waals surface area contributed by atoms with Crippen LogP contribution >= 0.6 is 0 Å². The molecule has 0 aliphatic carbocycles. The highest BCUT2D eigenvalue weighted by Crippen LogP contribution is 2.19. The van der Waals surface area contributed by atoms with Gasteiger partial charge >= 0.3 is 0 Å². The summed E-state index contributed by atoms with van der Waals surface area (Å²) in [5, 5.41) is 6.40. The third-order valence-electron chi connectivity index (χ3n) is 2.79. The molecular weight excluding hydrogens is 228 g/mol. The van der Waals surface area contributed by atoms with Crippen LogP contribution in [0.15, 0.2) is 30.5 Å². The molecular formula is C13H16N4O. The molecule has 0 spiro atoms. The molecule has 2 aromatic rings. The molecule has 2 rings (SSSR count). The predicted molar refractivity (Wildman–Crippen MR) is 71.5 cm³/mol. The number of rotatable bonds is 3. The summed E-state index contributed by atoms with van der Waals surface area (Å²) in [6.07, 6.45) is 1.44. The zero-order chi connectivity index (χ0) is 13.1. The number of amides is 1. The lowest BCUT2D eigenvalue weighted by Gasteiger charge is -2.20. The van der Waals surface area contributed by atoms with Crippen LogP contribution in [-0.2, 0) is 0 Å². The van der Waals surface area contributed by atoms with E-state index in [1.54, 1.807) is 4.90 Å². The van der Waals surface area contributed by atoms with Crippen molar-refractivity contribution in [3.05, 3.63) is 41.7 Å². The van der Waals surface area contributed by atoms with E-state index in [2.05, 4.69) is 10.2 Å². The minimum absolute atomic E-state index is 0.170. The van der Waals surface area contributed by atoms with Gasteiger partial charge in [0.15, 0.2) is 0 Å². The zero-order valence-electron chi connectivity index (χ0n) is 10.5. The van der Waals surface area contributed by atoms with Crippen LogP contribution in [0.3, 0.4) is 0 Å². The fourth-order valence-electron chi connectivity index (χ4n) is 1.77. The molecule has 1 heterocycles. The van der Waals surface area contributed by atoms with E-state index in [0.29, 0.717) is 17.9 Å². The fraction of sp³-hybridized carbons (Fsp3) is 0.231. The van der Waals surface area contributed by atoms with Gasteiger partial charge in [-0.25, -0.2) is 0 Å². The molecule has 0 saturated heterocycles. The van der Waals surface area contributed by atoms with Crippen molar-refractivity contribution >= 4 is 17.3 Å². The summed E-state index contributed by atoms with van der Waals surface area (Å²) in [6.45, 7) is 4.50. The third-order valence-corrected chi connectivity index (χ3v) is 2.79. The smallest absolute Gasteiger partial charge is 0.278 e. The number of hydrogen-bond donors (Lipinski definition) is 2. The lowest BCUT2D eigenvalue weighted by atomic mass is 10.2. The van der Waals surface area contributed by atoms with Crippen LogP contribution in [0.25, 0.3) is 0 Å². The first-order valence-corrected chi connectivity index (χ1v) is 5.81. The fourth-order valence-corrected chi connectivity index (χ4v) is 1.77. The number of H-pyrrole nitrogens is 1. The second kappa shape index (κ2) is 4.91. The molecule has 1 amide bonds. The summed E-state index contributed by atoms with van der Waals surface area (Å²) < 4.78 is 0. The van der Waals surface area contributed by atoms with Gasteiger partial charge in [0.05, 0.1) is 11.9 Å². The highest BCUT2D eigenvalue weighted by molar-refractivity contribution is 6.07. The van der Waals surface area contributed by atoms with Gasteiger partial charge in [0.1, 0.15) is 5.69 Å². The first kappa shape index (κ1) is 12.2. The Labute approximate surface area is 106 Å². The Bertz CT molecular complexity index is 544. The number of carbonyl (C=O) groups excluding carboxylic acids is 1. The number of benzene rings is 1. The number of carbonyl (C=O) groups is 1. The van der Waals surface area contributed by atoms with Gasteiger partial charge in [-0.15, -0.1) is 0 Å². The molecule has 1 aromatic carbocycles. The van der Waals surface area contributed by atoms with Gasteiger partial charge in [0.25, 0.3) is 5.91 Å². The Morgan fingerprint density at radius 1 is 1.39 bits per heavy atom. The van der Waals surface area contributed by atoms with Gasteiger partial charge in [0, 0.05) is 12.2 Å². The van der Waals surface area contributed by atoms with Gasteiger partial charge in [-0.05, 0) is 26.0 Å². The molecule has 5 heteroatoms. The van der Waals surface area contributed by atoms with E-state index in [-0.39, 0.29) is 5.91 Å². The van der Waals surface area contributed by atoms with Gasteiger partial charge in [-0.1, -0.05) is 17.7 Å². The van der Waals surface area contributed by atoms with Gasteiger partial charge < -0.3 is 10.6 Å². The third kappa shape index (κ3) is 2.20. The molecule has 94 valence electrons. The summed E-state index contributed by atoms with van der Waals surface area (Å²) >= 11 is 0. The van der Waals surface area contributed by atoms with Crippen molar-refractivity contribution in [1.82, 2.24) is 10.2 Å². The van der Waals surface area contributed by atoms with E-state index < -0.39 is 0 Å². The molecule has 1 aromatic heterocycles. The van der Waals surface area contributed by atoms with Crippen LogP contribution in [0.2, 0.25) is 0 Å². The quantitative estimate of drug-likeness (QED) is 0.866. The highest BCUT2D eigenvalue weighted by atomic mass is 16.2. The first-order valence-electron chi connectivity index (χ1n) is 5.81. The van der Waals surface area contributed by atoms with Crippen LogP contribution in [0, 0.1) is 6.92 Å². The molecule has 0 aliphatic heterocycles. The Balaban J connectivity index is 2.32. The lowest BCUT2D eigenvalue weighted by molar-refractivity contribution is 0.0984. The summed E-state index contributed by atoms with van der Waals surface area (Å²) in [4.78, 5) is 14.0. The van der Waals surface area contributed by atoms with Crippen LogP contribution in [0.1, 0.15) is 23.0 Å². The molecule has 0 aliphatic rings. The number of hydrogen-bond acceptors (Lipinski definition) is 3. The number of aromatic nitrogens is 2. The first-order chi connectivity index (χ1) is 8.63. The molecule has 0 bridgehead atoms. The minimum Gasteiger partial charge on any atom is -0.396 e. The second-order valence-electron chi connectivity index (χ2n) is 4.09. The molecule has 5 nitrogen and oxygen atoms in total. The average Bonchev–Trinajstić information content (AvgIpc) is 2.78.